The van der Waals surface area contributed by atoms with Crippen LogP contribution in [0.1, 0.15) is 12.8 Å². The largest absolute Gasteiger partial charge is 0.394 e. The fourth-order valence-corrected chi connectivity index (χ4v) is 1.28. The standard InChI is InChI=1S/C8H15NO3/c10-5-7-12-6-4-9-3-1-2-8(9)11/h10H,1-7H2. The molecule has 0 aromatic rings. The van der Waals surface area contributed by atoms with Gasteiger partial charge in [0.25, 0.3) is 0 Å². The van der Waals surface area contributed by atoms with E-state index < -0.39 is 0 Å². The Morgan fingerprint density at radius 2 is 2.33 bits per heavy atom. The predicted molar refractivity (Wildman–Crippen MR) is 43.7 cm³/mol. The molecule has 4 heteroatoms. The van der Waals surface area contributed by atoms with Crippen molar-refractivity contribution < 1.29 is 14.6 Å². The molecule has 0 atom stereocenters. The van der Waals surface area contributed by atoms with E-state index in [4.69, 9.17) is 9.84 Å². The number of aliphatic hydroxyl groups excluding tert-OH is 1. The van der Waals surface area contributed by atoms with Gasteiger partial charge in [-0.25, -0.2) is 0 Å². The Bertz CT molecular complexity index is 149. The highest BCUT2D eigenvalue weighted by molar-refractivity contribution is 5.77. The van der Waals surface area contributed by atoms with Gasteiger partial charge in [0, 0.05) is 19.5 Å². The van der Waals surface area contributed by atoms with Gasteiger partial charge in [-0.3, -0.25) is 4.79 Å². The molecule has 0 aromatic heterocycles. The highest BCUT2D eigenvalue weighted by Gasteiger charge is 2.18. The summed E-state index contributed by atoms with van der Waals surface area (Å²) >= 11 is 0. The summed E-state index contributed by atoms with van der Waals surface area (Å²) in [6.45, 7) is 2.47. The summed E-state index contributed by atoms with van der Waals surface area (Å²) in [5.41, 5.74) is 0. The SMILES string of the molecule is O=C1CCCN1CCOCCO. The third-order valence-electron chi connectivity index (χ3n) is 1.91. The number of hydrogen-bond donors (Lipinski definition) is 1. The highest BCUT2D eigenvalue weighted by Crippen LogP contribution is 2.08. The maximum Gasteiger partial charge on any atom is 0.222 e. The van der Waals surface area contributed by atoms with Crippen LogP contribution in [0.15, 0.2) is 0 Å². The van der Waals surface area contributed by atoms with Gasteiger partial charge in [-0.2, -0.15) is 0 Å². The van der Waals surface area contributed by atoms with Crippen LogP contribution in [0, 0.1) is 0 Å². The van der Waals surface area contributed by atoms with Gasteiger partial charge in [-0.05, 0) is 6.42 Å². The van der Waals surface area contributed by atoms with Gasteiger partial charge in [0.15, 0.2) is 0 Å². The number of ether oxygens (including phenoxy) is 1. The summed E-state index contributed by atoms with van der Waals surface area (Å²) in [5, 5.41) is 8.40. The minimum atomic E-state index is 0.0496. The lowest BCUT2D eigenvalue weighted by molar-refractivity contribution is -0.128. The van der Waals surface area contributed by atoms with E-state index >= 15 is 0 Å². The Hall–Kier alpha value is -0.610. The molecule has 1 aliphatic heterocycles. The molecule has 0 bridgehead atoms. The van der Waals surface area contributed by atoms with Crippen LogP contribution >= 0.6 is 0 Å². The van der Waals surface area contributed by atoms with Crippen molar-refractivity contribution in [2.75, 3.05) is 32.9 Å². The van der Waals surface area contributed by atoms with Crippen LogP contribution in [0.25, 0.3) is 0 Å². The van der Waals surface area contributed by atoms with E-state index in [-0.39, 0.29) is 12.5 Å². The number of amides is 1. The molecule has 0 saturated carbocycles. The zero-order chi connectivity index (χ0) is 8.81. The van der Waals surface area contributed by atoms with Gasteiger partial charge in [0.05, 0.1) is 19.8 Å². The van der Waals surface area contributed by atoms with Crippen molar-refractivity contribution in [1.82, 2.24) is 4.90 Å². The quantitative estimate of drug-likeness (QED) is 0.576. The molecule has 0 aliphatic carbocycles. The molecule has 0 unspecified atom stereocenters. The number of aliphatic hydroxyl groups is 1. The lowest BCUT2D eigenvalue weighted by Gasteiger charge is -2.14. The third kappa shape index (κ3) is 2.79. The van der Waals surface area contributed by atoms with Crippen molar-refractivity contribution >= 4 is 5.91 Å². The molecule has 4 nitrogen and oxygen atoms in total. The van der Waals surface area contributed by atoms with Gasteiger partial charge >= 0.3 is 0 Å². The third-order valence-corrected chi connectivity index (χ3v) is 1.91. The van der Waals surface area contributed by atoms with Crippen LogP contribution in [0.5, 0.6) is 0 Å². The molecule has 1 N–H and O–H groups in total. The smallest absolute Gasteiger partial charge is 0.222 e. The van der Waals surface area contributed by atoms with Crippen molar-refractivity contribution in [2.24, 2.45) is 0 Å². The maximum atomic E-state index is 11.1. The molecule has 1 heterocycles. The first-order valence-corrected chi connectivity index (χ1v) is 4.31. The van der Waals surface area contributed by atoms with Crippen molar-refractivity contribution in [1.29, 1.82) is 0 Å². The highest BCUT2D eigenvalue weighted by atomic mass is 16.5. The molecule has 1 amide bonds. The fourth-order valence-electron chi connectivity index (χ4n) is 1.28. The molecule has 0 radical (unpaired) electrons. The first kappa shape index (κ1) is 9.48. The van der Waals surface area contributed by atoms with Crippen molar-refractivity contribution in [2.45, 2.75) is 12.8 Å². The van der Waals surface area contributed by atoms with Crippen molar-refractivity contribution in [3.8, 4) is 0 Å². The average molecular weight is 173 g/mol. The first-order valence-electron chi connectivity index (χ1n) is 4.31. The summed E-state index contributed by atoms with van der Waals surface area (Å²) in [5.74, 6) is 0.225. The first-order chi connectivity index (χ1) is 5.84. The van der Waals surface area contributed by atoms with Crippen LogP contribution in [0.4, 0.5) is 0 Å². The van der Waals surface area contributed by atoms with Gasteiger partial charge in [-0.1, -0.05) is 0 Å². The molecule has 12 heavy (non-hydrogen) atoms. The minimum Gasteiger partial charge on any atom is -0.394 e. The molecular formula is C8H15NO3. The minimum absolute atomic E-state index is 0.0496. The second-order valence-electron chi connectivity index (χ2n) is 2.82. The molecule has 1 fully saturated rings. The number of rotatable bonds is 5. The van der Waals surface area contributed by atoms with E-state index in [0.717, 1.165) is 13.0 Å². The molecule has 1 saturated heterocycles. The molecule has 0 spiro atoms. The number of hydrogen-bond acceptors (Lipinski definition) is 3. The molecule has 1 rings (SSSR count). The Labute approximate surface area is 72.1 Å². The predicted octanol–water partition coefficient (Wildman–Crippen LogP) is -0.382. The van der Waals surface area contributed by atoms with E-state index in [1.807, 2.05) is 0 Å². The summed E-state index contributed by atoms with van der Waals surface area (Å²) in [6, 6.07) is 0. The molecule has 1 aliphatic rings. The zero-order valence-electron chi connectivity index (χ0n) is 7.16. The fraction of sp³-hybridized carbons (Fsp3) is 0.875. The summed E-state index contributed by atoms with van der Waals surface area (Å²) in [7, 11) is 0. The Balaban J connectivity index is 2.02. The number of likely N-dealkylation sites (tertiary alicyclic amines) is 1. The lowest BCUT2D eigenvalue weighted by atomic mass is 10.4. The maximum absolute atomic E-state index is 11.1. The van der Waals surface area contributed by atoms with Crippen molar-refractivity contribution in [3.63, 3.8) is 0 Å². The molecular weight excluding hydrogens is 158 g/mol. The van der Waals surface area contributed by atoms with Gasteiger partial charge < -0.3 is 14.7 Å². The topological polar surface area (TPSA) is 49.8 Å². The Morgan fingerprint density at radius 1 is 1.50 bits per heavy atom. The van der Waals surface area contributed by atoms with Crippen LogP contribution in [-0.2, 0) is 9.53 Å². The monoisotopic (exact) mass is 173 g/mol. The van der Waals surface area contributed by atoms with Crippen LogP contribution in [0.2, 0.25) is 0 Å². The number of carbonyl (C=O) groups is 1. The average Bonchev–Trinajstić information content (AvgIpc) is 2.46. The second kappa shape index (κ2) is 5.11. The number of carbonyl (C=O) groups excluding carboxylic acids is 1. The van der Waals surface area contributed by atoms with Crippen LogP contribution in [0.3, 0.4) is 0 Å². The normalized spacial score (nSPS) is 17.4. The molecule has 0 aromatic carbocycles. The lowest BCUT2D eigenvalue weighted by Crippen LogP contribution is -2.28. The molecule has 70 valence electrons. The van der Waals surface area contributed by atoms with E-state index in [0.29, 0.717) is 26.2 Å². The van der Waals surface area contributed by atoms with E-state index in [1.165, 1.54) is 0 Å². The zero-order valence-corrected chi connectivity index (χ0v) is 7.16. The summed E-state index contributed by atoms with van der Waals surface area (Å²) in [6.07, 6.45) is 1.65. The second-order valence-corrected chi connectivity index (χ2v) is 2.82. The summed E-state index contributed by atoms with van der Waals surface area (Å²) < 4.78 is 5.05. The van der Waals surface area contributed by atoms with Gasteiger partial charge in [-0.15, -0.1) is 0 Å². The van der Waals surface area contributed by atoms with Crippen molar-refractivity contribution in [3.05, 3.63) is 0 Å². The van der Waals surface area contributed by atoms with Crippen LogP contribution in [-0.4, -0.2) is 48.8 Å². The Morgan fingerprint density at radius 3 is 2.92 bits per heavy atom. The summed E-state index contributed by atoms with van der Waals surface area (Å²) in [4.78, 5) is 12.9. The van der Waals surface area contributed by atoms with E-state index in [1.54, 1.807) is 4.90 Å². The van der Waals surface area contributed by atoms with Gasteiger partial charge in [0.1, 0.15) is 0 Å². The van der Waals surface area contributed by atoms with E-state index in [9.17, 15) is 4.79 Å². The Kier molecular flexibility index (Phi) is 4.04. The van der Waals surface area contributed by atoms with E-state index in [2.05, 4.69) is 0 Å². The number of nitrogens with zero attached hydrogens (tertiary/aromatic N) is 1. The van der Waals surface area contributed by atoms with Gasteiger partial charge in [0.2, 0.25) is 5.91 Å². The van der Waals surface area contributed by atoms with Crippen LogP contribution < -0.4 is 0 Å².